The number of hydrogen-bond acceptors (Lipinski definition) is 4. The molecule has 2 heterocycles. The first kappa shape index (κ1) is 11.6. The molecular weight excluding hydrogens is 228 g/mol. The Kier molecular flexibility index (Phi) is 3.00. The fourth-order valence-electron chi connectivity index (χ4n) is 1.78. The summed E-state index contributed by atoms with van der Waals surface area (Å²) < 4.78 is 25.8. The maximum atomic E-state index is 12.2. The third-order valence-corrected chi connectivity index (χ3v) is 4.40. The molecule has 0 radical (unpaired) electrons. The molecule has 2 N–H and O–H groups in total. The van der Waals surface area contributed by atoms with Crippen LogP contribution in [0.2, 0.25) is 0 Å². The molecule has 1 aliphatic heterocycles. The highest BCUT2D eigenvalue weighted by Gasteiger charge is 2.29. The molecule has 7 heteroatoms. The van der Waals surface area contributed by atoms with Crippen LogP contribution in [0.1, 0.15) is 12.7 Å². The second-order valence-corrected chi connectivity index (χ2v) is 5.96. The largest absolute Gasteiger partial charge is 0.332 e. The Hall–Kier alpha value is -0.920. The zero-order valence-corrected chi connectivity index (χ0v) is 10.2. The number of rotatable bonds is 2. The van der Waals surface area contributed by atoms with Gasteiger partial charge in [0, 0.05) is 25.7 Å². The molecule has 0 spiro atoms. The van der Waals surface area contributed by atoms with E-state index in [1.165, 1.54) is 10.5 Å². The number of imidazole rings is 1. The lowest BCUT2D eigenvalue weighted by molar-refractivity contribution is 0.309. The van der Waals surface area contributed by atoms with Gasteiger partial charge in [0.1, 0.15) is 5.82 Å². The standard InChI is InChI=1S/C9H16N4O2S/c1-7-6-13(4-3-10-7)16(14,15)9-5-11-8(2)12-9/h5,7,10H,3-4,6H2,1-2H3,(H,11,12)/t7-/m0/s1. The Morgan fingerprint density at radius 3 is 2.88 bits per heavy atom. The smallest absolute Gasteiger partial charge is 0.260 e. The fraction of sp³-hybridized carbons (Fsp3) is 0.667. The van der Waals surface area contributed by atoms with Crippen LogP contribution in [-0.2, 0) is 10.0 Å². The third-order valence-electron chi connectivity index (χ3n) is 2.63. The van der Waals surface area contributed by atoms with E-state index in [1.807, 2.05) is 6.92 Å². The van der Waals surface area contributed by atoms with Gasteiger partial charge >= 0.3 is 0 Å². The van der Waals surface area contributed by atoms with Crippen LogP contribution < -0.4 is 5.32 Å². The number of H-pyrrole nitrogens is 1. The number of sulfonamides is 1. The fourth-order valence-corrected chi connectivity index (χ4v) is 3.28. The molecule has 0 unspecified atom stereocenters. The van der Waals surface area contributed by atoms with E-state index in [2.05, 4.69) is 15.3 Å². The summed E-state index contributed by atoms with van der Waals surface area (Å²) in [6, 6.07) is 0.188. The molecule has 0 amide bonds. The molecule has 1 aromatic rings. The van der Waals surface area contributed by atoms with Crippen molar-refractivity contribution in [3.63, 3.8) is 0 Å². The van der Waals surface area contributed by atoms with Gasteiger partial charge in [0.2, 0.25) is 0 Å². The number of aryl methyl sites for hydroxylation is 1. The van der Waals surface area contributed by atoms with Crippen molar-refractivity contribution in [2.45, 2.75) is 24.9 Å². The molecule has 0 saturated carbocycles. The van der Waals surface area contributed by atoms with Gasteiger partial charge in [-0.25, -0.2) is 13.4 Å². The van der Waals surface area contributed by atoms with E-state index in [0.29, 0.717) is 25.5 Å². The number of hydrogen-bond donors (Lipinski definition) is 2. The summed E-state index contributed by atoms with van der Waals surface area (Å²) in [7, 11) is -3.40. The quantitative estimate of drug-likeness (QED) is 0.749. The molecule has 0 aromatic carbocycles. The van der Waals surface area contributed by atoms with E-state index in [-0.39, 0.29) is 11.1 Å². The highest BCUT2D eigenvalue weighted by Crippen LogP contribution is 2.14. The average Bonchev–Trinajstić information content (AvgIpc) is 2.65. The van der Waals surface area contributed by atoms with Crippen molar-refractivity contribution in [1.29, 1.82) is 0 Å². The predicted molar refractivity (Wildman–Crippen MR) is 59.5 cm³/mol. The highest BCUT2D eigenvalue weighted by molar-refractivity contribution is 7.89. The SMILES string of the molecule is Cc1ncc(S(=O)(=O)N2CCN[C@@H](C)C2)[nH]1. The van der Waals surface area contributed by atoms with Crippen molar-refractivity contribution in [1.82, 2.24) is 19.6 Å². The first-order valence-corrected chi connectivity index (χ1v) is 6.69. The van der Waals surface area contributed by atoms with Crippen molar-refractivity contribution in [3.05, 3.63) is 12.0 Å². The van der Waals surface area contributed by atoms with Gasteiger partial charge in [-0.2, -0.15) is 4.31 Å². The van der Waals surface area contributed by atoms with E-state index < -0.39 is 10.0 Å². The molecule has 1 atom stereocenters. The van der Waals surface area contributed by atoms with E-state index >= 15 is 0 Å². The van der Waals surface area contributed by atoms with Crippen LogP contribution in [0.15, 0.2) is 11.2 Å². The summed E-state index contributed by atoms with van der Waals surface area (Å²) in [5.41, 5.74) is 0. The minimum atomic E-state index is -3.40. The summed E-state index contributed by atoms with van der Waals surface area (Å²) in [5, 5.41) is 3.39. The summed E-state index contributed by atoms with van der Waals surface area (Å²) in [6.45, 7) is 5.40. The van der Waals surface area contributed by atoms with Crippen molar-refractivity contribution >= 4 is 10.0 Å². The number of aromatic nitrogens is 2. The highest BCUT2D eigenvalue weighted by atomic mass is 32.2. The topological polar surface area (TPSA) is 78.1 Å². The Balaban J connectivity index is 2.25. The van der Waals surface area contributed by atoms with Crippen molar-refractivity contribution in [3.8, 4) is 0 Å². The lowest BCUT2D eigenvalue weighted by Gasteiger charge is -2.30. The van der Waals surface area contributed by atoms with E-state index in [1.54, 1.807) is 6.92 Å². The van der Waals surface area contributed by atoms with Gasteiger partial charge in [-0.05, 0) is 13.8 Å². The molecule has 2 rings (SSSR count). The predicted octanol–water partition coefficient (Wildman–Crippen LogP) is -0.299. The lowest BCUT2D eigenvalue weighted by Crippen LogP contribution is -2.51. The van der Waals surface area contributed by atoms with E-state index in [0.717, 1.165) is 0 Å². The molecule has 1 saturated heterocycles. The first-order chi connectivity index (χ1) is 7.50. The molecule has 1 aliphatic rings. The zero-order chi connectivity index (χ0) is 11.8. The summed E-state index contributed by atoms with van der Waals surface area (Å²) in [4.78, 5) is 6.69. The maximum absolute atomic E-state index is 12.2. The second-order valence-electron chi connectivity index (χ2n) is 4.05. The van der Waals surface area contributed by atoms with Crippen LogP contribution in [0, 0.1) is 6.92 Å². The minimum absolute atomic E-state index is 0.180. The Labute approximate surface area is 95.1 Å². The zero-order valence-electron chi connectivity index (χ0n) is 9.40. The van der Waals surface area contributed by atoms with Gasteiger partial charge < -0.3 is 10.3 Å². The van der Waals surface area contributed by atoms with Crippen LogP contribution in [0.4, 0.5) is 0 Å². The van der Waals surface area contributed by atoms with Crippen LogP contribution in [0.5, 0.6) is 0 Å². The van der Waals surface area contributed by atoms with Crippen LogP contribution in [0.3, 0.4) is 0 Å². The molecule has 90 valence electrons. The Morgan fingerprint density at radius 1 is 1.56 bits per heavy atom. The Morgan fingerprint density at radius 2 is 2.31 bits per heavy atom. The molecular formula is C9H16N4O2S. The molecule has 0 aliphatic carbocycles. The van der Waals surface area contributed by atoms with E-state index in [9.17, 15) is 8.42 Å². The molecule has 1 aromatic heterocycles. The number of aromatic amines is 1. The number of nitrogens with one attached hydrogen (secondary N) is 2. The van der Waals surface area contributed by atoms with Gasteiger partial charge in [0.05, 0.1) is 6.20 Å². The van der Waals surface area contributed by atoms with E-state index in [4.69, 9.17) is 0 Å². The average molecular weight is 244 g/mol. The number of nitrogens with zero attached hydrogens (tertiary/aromatic N) is 2. The van der Waals surface area contributed by atoms with Gasteiger partial charge in [-0.1, -0.05) is 0 Å². The van der Waals surface area contributed by atoms with Gasteiger partial charge in [0.25, 0.3) is 10.0 Å². The first-order valence-electron chi connectivity index (χ1n) is 5.25. The van der Waals surface area contributed by atoms with Gasteiger partial charge in [0.15, 0.2) is 5.03 Å². The normalized spacial score (nSPS) is 23.5. The minimum Gasteiger partial charge on any atom is -0.332 e. The molecule has 1 fully saturated rings. The van der Waals surface area contributed by atoms with Gasteiger partial charge in [-0.3, -0.25) is 0 Å². The molecule has 0 bridgehead atoms. The lowest BCUT2D eigenvalue weighted by atomic mass is 10.3. The molecule has 16 heavy (non-hydrogen) atoms. The third kappa shape index (κ3) is 2.11. The monoisotopic (exact) mass is 244 g/mol. The van der Waals surface area contributed by atoms with Crippen LogP contribution in [0.25, 0.3) is 0 Å². The maximum Gasteiger partial charge on any atom is 0.260 e. The van der Waals surface area contributed by atoms with Gasteiger partial charge in [-0.15, -0.1) is 0 Å². The van der Waals surface area contributed by atoms with Crippen LogP contribution >= 0.6 is 0 Å². The Bertz CT molecular complexity index is 468. The molecule has 6 nitrogen and oxygen atoms in total. The van der Waals surface area contributed by atoms with Crippen molar-refractivity contribution in [2.24, 2.45) is 0 Å². The summed E-state index contributed by atoms with van der Waals surface area (Å²) in [6.07, 6.45) is 1.37. The number of piperazine rings is 1. The van der Waals surface area contributed by atoms with Crippen LogP contribution in [-0.4, -0.2) is 48.4 Å². The second kappa shape index (κ2) is 4.15. The summed E-state index contributed by atoms with van der Waals surface area (Å²) in [5.74, 6) is 0.613. The van der Waals surface area contributed by atoms with Crippen molar-refractivity contribution in [2.75, 3.05) is 19.6 Å². The van der Waals surface area contributed by atoms with Crippen molar-refractivity contribution < 1.29 is 8.42 Å². The summed E-state index contributed by atoms with van der Waals surface area (Å²) >= 11 is 0.